The van der Waals surface area contributed by atoms with Gasteiger partial charge < -0.3 is 14.8 Å². The summed E-state index contributed by atoms with van der Waals surface area (Å²) >= 11 is 7.46. The number of anilines is 1. The first-order valence-corrected chi connectivity index (χ1v) is 8.45. The molecular formula is C17H18ClNO4S. The number of rotatable bonds is 7. The Balaban J connectivity index is 2.00. The standard InChI is InChI=1S/C17H18ClNO4S/c1-10-4-6-16(24-10)13(20)5-7-17(21)19-12-9-14(22-2)11(18)8-15(12)23-3/h4,6,8-9H,5,7H2,1-3H3,(H,19,21). The van der Waals surface area contributed by atoms with E-state index in [0.29, 0.717) is 27.1 Å². The van der Waals surface area contributed by atoms with Gasteiger partial charge in [-0.15, -0.1) is 11.3 Å². The number of hydrogen-bond acceptors (Lipinski definition) is 5. The Labute approximate surface area is 149 Å². The van der Waals surface area contributed by atoms with Crippen LogP contribution in [0, 0.1) is 6.92 Å². The van der Waals surface area contributed by atoms with E-state index in [4.69, 9.17) is 21.1 Å². The molecule has 1 aromatic carbocycles. The summed E-state index contributed by atoms with van der Waals surface area (Å²) in [6, 6.07) is 6.83. The van der Waals surface area contributed by atoms with E-state index in [-0.39, 0.29) is 24.5 Å². The molecule has 1 amide bonds. The molecule has 24 heavy (non-hydrogen) atoms. The number of benzene rings is 1. The van der Waals surface area contributed by atoms with Crippen molar-refractivity contribution in [2.45, 2.75) is 19.8 Å². The lowest BCUT2D eigenvalue weighted by atomic mass is 10.2. The highest BCUT2D eigenvalue weighted by atomic mass is 35.5. The zero-order valence-corrected chi connectivity index (χ0v) is 15.2. The first-order valence-electron chi connectivity index (χ1n) is 7.25. The maximum atomic E-state index is 12.1. The molecule has 0 radical (unpaired) electrons. The number of ketones is 1. The van der Waals surface area contributed by atoms with Gasteiger partial charge in [-0.05, 0) is 19.1 Å². The van der Waals surface area contributed by atoms with E-state index in [0.717, 1.165) is 4.88 Å². The summed E-state index contributed by atoms with van der Waals surface area (Å²) in [6.45, 7) is 1.94. The molecule has 0 aliphatic carbocycles. The van der Waals surface area contributed by atoms with Gasteiger partial charge in [0.15, 0.2) is 5.78 Å². The van der Waals surface area contributed by atoms with Crippen LogP contribution < -0.4 is 14.8 Å². The number of halogens is 1. The van der Waals surface area contributed by atoms with Gasteiger partial charge in [-0.25, -0.2) is 0 Å². The number of thiophene rings is 1. The van der Waals surface area contributed by atoms with Crippen LogP contribution in [0.5, 0.6) is 11.5 Å². The van der Waals surface area contributed by atoms with Gasteiger partial charge in [0.2, 0.25) is 5.91 Å². The van der Waals surface area contributed by atoms with Crippen molar-refractivity contribution >= 4 is 40.3 Å². The van der Waals surface area contributed by atoms with Crippen molar-refractivity contribution in [3.8, 4) is 11.5 Å². The Morgan fingerprint density at radius 1 is 1.12 bits per heavy atom. The number of aryl methyl sites for hydroxylation is 1. The van der Waals surface area contributed by atoms with Gasteiger partial charge in [-0.3, -0.25) is 9.59 Å². The average Bonchev–Trinajstić information content (AvgIpc) is 3.00. The third-order valence-corrected chi connectivity index (χ3v) is 4.68. The van der Waals surface area contributed by atoms with Crippen molar-refractivity contribution in [3.63, 3.8) is 0 Å². The van der Waals surface area contributed by atoms with Gasteiger partial charge >= 0.3 is 0 Å². The van der Waals surface area contributed by atoms with Crippen LogP contribution in [0.15, 0.2) is 24.3 Å². The van der Waals surface area contributed by atoms with E-state index >= 15 is 0 Å². The fourth-order valence-corrected chi connectivity index (χ4v) is 3.17. The number of carbonyl (C=O) groups is 2. The fraction of sp³-hybridized carbons (Fsp3) is 0.294. The zero-order chi connectivity index (χ0) is 17.7. The van der Waals surface area contributed by atoms with Crippen LogP contribution in [-0.4, -0.2) is 25.9 Å². The molecule has 0 fully saturated rings. The molecule has 0 aliphatic rings. The Hall–Kier alpha value is -2.05. The van der Waals surface area contributed by atoms with Gasteiger partial charge in [0.1, 0.15) is 11.5 Å². The lowest BCUT2D eigenvalue weighted by Gasteiger charge is -2.13. The summed E-state index contributed by atoms with van der Waals surface area (Å²) in [4.78, 5) is 25.9. The van der Waals surface area contributed by atoms with Crippen molar-refractivity contribution in [1.82, 2.24) is 0 Å². The molecule has 1 N–H and O–H groups in total. The molecule has 0 spiro atoms. The van der Waals surface area contributed by atoms with Gasteiger partial charge in [-0.2, -0.15) is 0 Å². The second kappa shape index (κ2) is 8.17. The molecule has 0 saturated carbocycles. The summed E-state index contributed by atoms with van der Waals surface area (Å²) in [7, 11) is 2.97. The number of hydrogen-bond donors (Lipinski definition) is 1. The van der Waals surface area contributed by atoms with E-state index in [2.05, 4.69) is 5.32 Å². The molecule has 7 heteroatoms. The molecule has 0 bridgehead atoms. The molecule has 0 saturated heterocycles. The summed E-state index contributed by atoms with van der Waals surface area (Å²) in [5, 5.41) is 3.11. The number of methoxy groups -OCH3 is 2. The third-order valence-electron chi connectivity index (χ3n) is 3.34. The molecule has 1 aromatic heterocycles. The van der Waals surface area contributed by atoms with Crippen molar-refractivity contribution in [2.75, 3.05) is 19.5 Å². The maximum absolute atomic E-state index is 12.1. The third kappa shape index (κ3) is 4.49. The highest BCUT2D eigenvalue weighted by Crippen LogP contribution is 2.35. The predicted octanol–water partition coefficient (Wildman–Crippen LogP) is 4.33. The highest BCUT2D eigenvalue weighted by Gasteiger charge is 2.15. The van der Waals surface area contributed by atoms with Crippen LogP contribution >= 0.6 is 22.9 Å². The van der Waals surface area contributed by atoms with Crippen molar-refractivity contribution in [1.29, 1.82) is 0 Å². The molecule has 2 rings (SSSR count). The minimum absolute atomic E-state index is 0.0381. The van der Waals surface area contributed by atoms with Gasteiger partial charge in [0, 0.05) is 29.9 Å². The first kappa shape index (κ1) is 18.3. The summed E-state index contributed by atoms with van der Waals surface area (Å²) in [6.07, 6.45) is 0.239. The molecule has 128 valence electrons. The van der Waals surface area contributed by atoms with Crippen molar-refractivity contribution in [2.24, 2.45) is 0 Å². The average molecular weight is 368 g/mol. The lowest BCUT2D eigenvalue weighted by molar-refractivity contribution is -0.116. The van der Waals surface area contributed by atoms with Crippen LogP contribution in [0.2, 0.25) is 5.02 Å². The smallest absolute Gasteiger partial charge is 0.224 e. The van der Waals surface area contributed by atoms with Crippen molar-refractivity contribution < 1.29 is 19.1 Å². The van der Waals surface area contributed by atoms with E-state index < -0.39 is 0 Å². The lowest BCUT2D eigenvalue weighted by Crippen LogP contribution is -2.14. The van der Waals surface area contributed by atoms with Crippen LogP contribution in [0.4, 0.5) is 5.69 Å². The van der Waals surface area contributed by atoms with Gasteiger partial charge in [-0.1, -0.05) is 11.6 Å². The molecule has 5 nitrogen and oxygen atoms in total. The molecular weight excluding hydrogens is 350 g/mol. The monoisotopic (exact) mass is 367 g/mol. The minimum atomic E-state index is -0.278. The molecule has 0 unspecified atom stereocenters. The number of carbonyl (C=O) groups excluding carboxylic acids is 2. The number of Topliss-reactive ketones (excluding diaryl/α,β-unsaturated/α-hetero) is 1. The molecule has 0 aliphatic heterocycles. The van der Waals surface area contributed by atoms with E-state index in [9.17, 15) is 9.59 Å². The Kier molecular flexibility index (Phi) is 6.23. The van der Waals surface area contributed by atoms with Crippen LogP contribution in [0.1, 0.15) is 27.4 Å². The Morgan fingerprint density at radius 2 is 1.83 bits per heavy atom. The topological polar surface area (TPSA) is 64.6 Å². The summed E-state index contributed by atoms with van der Waals surface area (Å²) in [5.41, 5.74) is 0.447. The van der Waals surface area contributed by atoms with Gasteiger partial charge in [0.25, 0.3) is 0 Å². The maximum Gasteiger partial charge on any atom is 0.224 e. The minimum Gasteiger partial charge on any atom is -0.495 e. The summed E-state index contributed by atoms with van der Waals surface area (Å²) in [5.74, 6) is 0.537. The van der Waals surface area contributed by atoms with Crippen LogP contribution in [-0.2, 0) is 4.79 Å². The molecule has 0 atom stereocenters. The SMILES string of the molecule is COc1cc(NC(=O)CCC(=O)c2ccc(C)s2)c(OC)cc1Cl. The second-order valence-corrected chi connectivity index (χ2v) is 6.76. The quantitative estimate of drug-likeness (QED) is 0.740. The molecule has 1 heterocycles. The number of amides is 1. The highest BCUT2D eigenvalue weighted by molar-refractivity contribution is 7.14. The van der Waals surface area contributed by atoms with Crippen molar-refractivity contribution in [3.05, 3.63) is 39.0 Å². The van der Waals surface area contributed by atoms with E-state index in [1.165, 1.54) is 25.6 Å². The number of ether oxygens (including phenoxy) is 2. The van der Waals surface area contributed by atoms with Crippen LogP contribution in [0.25, 0.3) is 0 Å². The van der Waals surface area contributed by atoms with E-state index in [1.54, 1.807) is 18.2 Å². The summed E-state index contributed by atoms with van der Waals surface area (Å²) < 4.78 is 10.3. The predicted molar refractivity (Wildman–Crippen MR) is 95.8 cm³/mol. The second-order valence-electron chi connectivity index (χ2n) is 5.07. The number of nitrogens with one attached hydrogen (secondary N) is 1. The Morgan fingerprint density at radius 3 is 2.42 bits per heavy atom. The first-order chi connectivity index (χ1) is 11.4. The van der Waals surface area contributed by atoms with E-state index in [1.807, 2.05) is 13.0 Å². The zero-order valence-electron chi connectivity index (χ0n) is 13.6. The fourth-order valence-electron chi connectivity index (χ4n) is 2.11. The largest absolute Gasteiger partial charge is 0.495 e. The van der Waals surface area contributed by atoms with Gasteiger partial charge in [0.05, 0.1) is 29.8 Å². The molecule has 2 aromatic rings. The Bertz CT molecular complexity index is 757. The normalized spacial score (nSPS) is 10.3. The van der Waals surface area contributed by atoms with Crippen LogP contribution in [0.3, 0.4) is 0 Å².